The summed E-state index contributed by atoms with van der Waals surface area (Å²) in [6.07, 6.45) is 5.42. The normalized spacial score (nSPS) is 21.1. The van der Waals surface area contributed by atoms with Crippen molar-refractivity contribution in [2.24, 2.45) is 5.92 Å². The number of piperidine rings is 1. The smallest absolute Gasteiger partial charge is 0.387 e. The lowest BCUT2D eigenvalue weighted by molar-refractivity contribution is -0.0498. The van der Waals surface area contributed by atoms with Crippen LogP contribution in [-0.2, 0) is 9.84 Å². The number of aliphatic hydroxyl groups is 1. The summed E-state index contributed by atoms with van der Waals surface area (Å²) in [6, 6.07) is 6.14. The van der Waals surface area contributed by atoms with Crippen molar-refractivity contribution in [2.75, 3.05) is 29.6 Å². The summed E-state index contributed by atoms with van der Waals surface area (Å²) in [5.74, 6) is 1.19. The second kappa shape index (κ2) is 9.92. The summed E-state index contributed by atoms with van der Waals surface area (Å²) in [6.45, 7) is 2.08. The molecule has 38 heavy (non-hydrogen) atoms. The average molecular weight is 551 g/mol. The fourth-order valence-electron chi connectivity index (χ4n) is 5.19. The highest BCUT2D eigenvalue weighted by Crippen LogP contribution is 2.35. The lowest BCUT2D eigenvalue weighted by Gasteiger charge is -2.38. The molecule has 3 heterocycles. The van der Waals surface area contributed by atoms with Gasteiger partial charge in [0.25, 0.3) is 0 Å². The van der Waals surface area contributed by atoms with Gasteiger partial charge in [0.05, 0.1) is 28.1 Å². The number of rotatable bonds is 8. The summed E-state index contributed by atoms with van der Waals surface area (Å²) < 4.78 is 55.4. The zero-order valence-electron chi connectivity index (χ0n) is 21.5. The lowest BCUT2D eigenvalue weighted by Crippen LogP contribution is -2.44. The summed E-state index contributed by atoms with van der Waals surface area (Å²) >= 11 is 0. The first-order chi connectivity index (χ1) is 17.9. The first kappa shape index (κ1) is 26.5. The summed E-state index contributed by atoms with van der Waals surface area (Å²) in [7, 11) is -3.10. The molecule has 2 aliphatic rings. The van der Waals surface area contributed by atoms with Crippen molar-refractivity contribution in [3.63, 3.8) is 0 Å². The van der Waals surface area contributed by atoms with Gasteiger partial charge in [-0.25, -0.2) is 13.1 Å². The van der Waals surface area contributed by atoms with Gasteiger partial charge in [-0.15, -0.1) is 0 Å². The molecule has 1 saturated heterocycles. The molecule has 1 aliphatic heterocycles. The van der Waals surface area contributed by atoms with E-state index < -0.39 is 22.0 Å². The molecule has 0 atom stereocenters. The van der Waals surface area contributed by atoms with E-state index in [9.17, 15) is 22.3 Å². The van der Waals surface area contributed by atoms with Gasteiger partial charge in [-0.1, -0.05) is 6.07 Å². The Morgan fingerprint density at radius 1 is 1.18 bits per heavy atom. The van der Waals surface area contributed by atoms with E-state index in [1.807, 2.05) is 13.8 Å². The highest BCUT2D eigenvalue weighted by Gasteiger charge is 2.37. The minimum atomic E-state index is -3.10. The molecule has 13 heteroatoms. The van der Waals surface area contributed by atoms with Crippen molar-refractivity contribution < 1.29 is 27.0 Å². The van der Waals surface area contributed by atoms with Gasteiger partial charge < -0.3 is 20.1 Å². The molecule has 0 radical (unpaired) electrons. The highest BCUT2D eigenvalue weighted by molar-refractivity contribution is 7.91. The van der Waals surface area contributed by atoms with Crippen molar-refractivity contribution in [1.29, 1.82) is 0 Å². The van der Waals surface area contributed by atoms with Crippen molar-refractivity contribution >= 4 is 32.6 Å². The maximum Gasteiger partial charge on any atom is 0.387 e. The van der Waals surface area contributed by atoms with Gasteiger partial charge in [-0.05, 0) is 57.6 Å². The van der Waals surface area contributed by atoms with Gasteiger partial charge in [-0.2, -0.15) is 23.8 Å². The minimum Gasteiger partial charge on any atom is -0.435 e. The monoisotopic (exact) mass is 550 g/mol. The Labute approximate surface area is 219 Å². The molecular formula is C25H32F2N6O4S. The van der Waals surface area contributed by atoms with Gasteiger partial charge in [-0.3, -0.25) is 0 Å². The van der Waals surface area contributed by atoms with E-state index in [0.29, 0.717) is 54.4 Å². The predicted octanol–water partition coefficient (Wildman–Crippen LogP) is 3.39. The Kier molecular flexibility index (Phi) is 6.93. The first-order valence-electron chi connectivity index (χ1n) is 12.6. The van der Waals surface area contributed by atoms with Gasteiger partial charge in [0.1, 0.15) is 21.4 Å². The third-order valence-electron chi connectivity index (χ3n) is 7.52. The van der Waals surface area contributed by atoms with E-state index in [4.69, 9.17) is 9.97 Å². The topological polar surface area (TPSA) is 122 Å². The van der Waals surface area contributed by atoms with Gasteiger partial charge in [0.15, 0.2) is 5.65 Å². The Morgan fingerprint density at radius 3 is 2.53 bits per heavy atom. The fraction of sp³-hybridized carbons (Fsp3) is 0.560. The molecular weight excluding hydrogens is 518 g/mol. The average Bonchev–Trinajstić information content (AvgIpc) is 3.23. The quantitative estimate of drug-likeness (QED) is 0.435. The van der Waals surface area contributed by atoms with Crippen LogP contribution in [-0.4, -0.2) is 76.1 Å². The first-order valence-corrected chi connectivity index (χ1v) is 14.6. The number of halogens is 2. The molecule has 0 unspecified atom stereocenters. The summed E-state index contributed by atoms with van der Waals surface area (Å²) in [4.78, 5) is 11.6. The third kappa shape index (κ3) is 5.53. The maximum atomic E-state index is 12.8. The van der Waals surface area contributed by atoms with E-state index in [1.165, 1.54) is 18.4 Å². The summed E-state index contributed by atoms with van der Waals surface area (Å²) in [5.41, 5.74) is 0.210. The zero-order valence-corrected chi connectivity index (χ0v) is 22.3. The van der Waals surface area contributed by atoms with Crippen LogP contribution in [0, 0.1) is 5.92 Å². The number of hydrogen-bond donors (Lipinski definition) is 2. The Bertz CT molecular complexity index is 1410. The number of alkyl halides is 2. The number of ether oxygens (including phenoxy) is 1. The summed E-state index contributed by atoms with van der Waals surface area (Å²) in [5, 5.41) is 18.5. The standard InChI is InChI=1S/C25H32F2N6O4S/c1-25(2,34)15-7-9-32(10-8-15)21-20-14-28-33(17-5-4-6-18(13-17)37-23(26)27)22(20)31-24(30-21)29-16-11-19(12-16)38(3,35)36/h4-6,13-16,19,23,34H,7-12H2,1-3H3,(H,29,30,31). The number of sulfone groups is 1. The second-order valence-electron chi connectivity index (χ2n) is 10.7. The van der Waals surface area contributed by atoms with Crippen LogP contribution in [0.5, 0.6) is 5.75 Å². The van der Waals surface area contributed by atoms with Crippen LogP contribution in [0.3, 0.4) is 0 Å². The molecule has 0 spiro atoms. The maximum absolute atomic E-state index is 12.8. The van der Waals surface area contributed by atoms with Gasteiger partial charge >= 0.3 is 6.61 Å². The number of fused-ring (bicyclic) bond motifs is 1. The number of hydrogen-bond acceptors (Lipinski definition) is 9. The van der Waals surface area contributed by atoms with E-state index in [1.54, 1.807) is 23.0 Å². The number of nitrogens with zero attached hydrogens (tertiary/aromatic N) is 5. The third-order valence-corrected chi connectivity index (χ3v) is 9.12. The second-order valence-corrected chi connectivity index (χ2v) is 13.0. The van der Waals surface area contributed by atoms with Crippen molar-refractivity contribution in [2.45, 2.75) is 63.0 Å². The molecule has 2 aromatic heterocycles. The molecule has 2 fully saturated rings. The van der Waals surface area contributed by atoms with Crippen molar-refractivity contribution in [1.82, 2.24) is 19.7 Å². The van der Waals surface area contributed by atoms with Crippen LogP contribution in [0.1, 0.15) is 39.5 Å². The highest BCUT2D eigenvalue weighted by atomic mass is 32.2. The number of nitrogens with one attached hydrogen (secondary N) is 1. The molecule has 1 saturated carbocycles. The SMILES string of the molecule is CC(C)(O)C1CCN(c2nc(NC3CC(S(C)(=O)=O)C3)nc3c2cnn3-c2cccc(OC(F)F)c2)CC1. The molecule has 0 amide bonds. The molecule has 5 rings (SSSR count). The number of anilines is 2. The van der Waals surface area contributed by atoms with Gasteiger partial charge in [0, 0.05) is 31.5 Å². The molecule has 2 N–H and O–H groups in total. The van der Waals surface area contributed by atoms with Crippen LogP contribution in [0.4, 0.5) is 20.5 Å². The van der Waals surface area contributed by atoms with E-state index in [2.05, 4.69) is 20.1 Å². The van der Waals surface area contributed by atoms with Crippen LogP contribution in [0.25, 0.3) is 16.7 Å². The zero-order chi connectivity index (χ0) is 27.2. The molecule has 1 aliphatic carbocycles. The Hall–Kier alpha value is -3.06. The molecule has 0 bridgehead atoms. The fourth-order valence-corrected chi connectivity index (χ4v) is 6.36. The van der Waals surface area contributed by atoms with Crippen LogP contribution < -0.4 is 15.0 Å². The van der Waals surface area contributed by atoms with E-state index in [0.717, 1.165) is 12.8 Å². The molecule has 1 aromatic carbocycles. The number of aromatic nitrogens is 4. The van der Waals surface area contributed by atoms with Crippen LogP contribution in [0.15, 0.2) is 30.5 Å². The minimum absolute atomic E-state index is 0.00348. The van der Waals surface area contributed by atoms with Gasteiger partial charge in [0.2, 0.25) is 5.95 Å². The molecule has 10 nitrogen and oxygen atoms in total. The molecule has 206 valence electrons. The Balaban J connectivity index is 1.49. The molecule has 3 aromatic rings. The predicted molar refractivity (Wildman–Crippen MR) is 140 cm³/mol. The van der Waals surface area contributed by atoms with E-state index >= 15 is 0 Å². The largest absolute Gasteiger partial charge is 0.435 e. The van der Waals surface area contributed by atoms with Crippen LogP contribution >= 0.6 is 0 Å². The Morgan fingerprint density at radius 2 is 1.89 bits per heavy atom. The van der Waals surface area contributed by atoms with Crippen molar-refractivity contribution in [3.05, 3.63) is 30.5 Å². The lowest BCUT2D eigenvalue weighted by atomic mass is 9.83. The van der Waals surface area contributed by atoms with Crippen LogP contribution in [0.2, 0.25) is 0 Å². The number of benzene rings is 1. The van der Waals surface area contributed by atoms with Crippen molar-refractivity contribution in [3.8, 4) is 11.4 Å². The van der Waals surface area contributed by atoms with E-state index in [-0.39, 0.29) is 23.0 Å².